The van der Waals surface area contributed by atoms with E-state index in [0.717, 1.165) is 10.0 Å². The molecule has 20 heavy (non-hydrogen) atoms. The zero-order valence-electron chi connectivity index (χ0n) is 10.3. The Morgan fingerprint density at radius 3 is 2.90 bits per heavy atom. The predicted octanol–water partition coefficient (Wildman–Crippen LogP) is 2.95. The SMILES string of the molecule is O=C(O)Cn1c(-c2cccc(Br)c2)nc2cccnc21. The highest BCUT2D eigenvalue weighted by molar-refractivity contribution is 9.10. The van der Waals surface area contributed by atoms with E-state index in [1.165, 1.54) is 0 Å². The first-order valence-electron chi connectivity index (χ1n) is 5.94. The number of pyridine rings is 1. The van der Waals surface area contributed by atoms with Gasteiger partial charge in [0.2, 0.25) is 0 Å². The maximum absolute atomic E-state index is 11.1. The van der Waals surface area contributed by atoms with Crippen LogP contribution in [0.15, 0.2) is 47.1 Å². The van der Waals surface area contributed by atoms with E-state index in [-0.39, 0.29) is 6.54 Å². The normalized spacial score (nSPS) is 10.8. The highest BCUT2D eigenvalue weighted by atomic mass is 79.9. The van der Waals surface area contributed by atoms with Crippen LogP contribution in [0.1, 0.15) is 0 Å². The Kier molecular flexibility index (Phi) is 3.23. The van der Waals surface area contributed by atoms with Gasteiger partial charge in [-0.3, -0.25) is 9.36 Å². The molecule has 0 aliphatic rings. The number of fused-ring (bicyclic) bond motifs is 1. The second-order valence-corrected chi connectivity index (χ2v) is 5.19. The van der Waals surface area contributed by atoms with Gasteiger partial charge in [-0.25, -0.2) is 9.97 Å². The molecular weight excluding hydrogens is 322 g/mol. The van der Waals surface area contributed by atoms with Crippen LogP contribution in [0.5, 0.6) is 0 Å². The first-order valence-corrected chi connectivity index (χ1v) is 6.73. The molecule has 0 unspecified atom stereocenters. The van der Waals surface area contributed by atoms with Gasteiger partial charge in [0.25, 0.3) is 0 Å². The van der Waals surface area contributed by atoms with Crippen LogP contribution in [0.4, 0.5) is 0 Å². The monoisotopic (exact) mass is 331 g/mol. The first-order chi connectivity index (χ1) is 9.65. The molecule has 0 spiro atoms. The van der Waals surface area contributed by atoms with Crippen LogP contribution in [-0.2, 0) is 11.3 Å². The summed E-state index contributed by atoms with van der Waals surface area (Å²) < 4.78 is 2.52. The van der Waals surface area contributed by atoms with Crippen LogP contribution < -0.4 is 0 Å². The van der Waals surface area contributed by atoms with Gasteiger partial charge in [-0.2, -0.15) is 0 Å². The first kappa shape index (κ1) is 12.8. The van der Waals surface area contributed by atoms with Gasteiger partial charge in [0, 0.05) is 16.2 Å². The van der Waals surface area contributed by atoms with Crippen molar-refractivity contribution in [2.45, 2.75) is 6.54 Å². The number of carboxylic acids is 1. The molecular formula is C14H10BrN3O2. The molecule has 3 aromatic rings. The van der Waals surface area contributed by atoms with Crippen molar-refractivity contribution in [1.82, 2.24) is 14.5 Å². The van der Waals surface area contributed by atoms with Gasteiger partial charge in [0.15, 0.2) is 5.65 Å². The van der Waals surface area contributed by atoms with Gasteiger partial charge in [-0.05, 0) is 24.3 Å². The second kappa shape index (κ2) is 5.05. The van der Waals surface area contributed by atoms with Crippen LogP contribution in [0.2, 0.25) is 0 Å². The van der Waals surface area contributed by atoms with Crippen molar-refractivity contribution in [1.29, 1.82) is 0 Å². The smallest absolute Gasteiger partial charge is 0.323 e. The number of imidazole rings is 1. The van der Waals surface area contributed by atoms with E-state index in [2.05, 4.69) is 25.9 Å². The van der Waals surface area contributed by atoms with Crippen molar-refractivity contribution in [2.75, 3.05) is 0 Å². The topological polar surface area (TPSA) is 68.0 Å². The number of aliphatic carboxylic acids is 1. The molecule has 6 heteroatoms. The number of halogens is 1. The fourth-order valence-electron chi connectivity index (χ4n) is 2.09. The number of carboxylic acid groups (broad SMARTS) is 1. The molecule has 1 aromatic carbocycles. The number of aromatic nitrogens is 3. The van der Waals surface area contributed by atoms with Crippen molar-refractivity contribution in [3.05, 3.63) is 47.1 Å². The van der Waals surface area contributed by atoms with Crippen LogP contribution >= 0.6 is 15.9 Å². The largest absolute Gasteiger partial charge is 0.480 e. The average molecular weight is 332 g/mol. The quantitative estimate of drug-likeness (QED) is 0.801. The standard InChI is InChI=1S/C14H10BrN3O2/c15-10-4-1-3-9(7-10)13-17-11-5-2-6-16-14(11)18(13)8-12(19)20/h1-7H,8H2,(H,19,20). The highest BCUT2D eigenvalue weighted by Crippen LogP contribution is 2.25. The maximum atomic E-state index is 11.1. The molecule has 0 saturated carbocycles. The number of rotatable bonds is 3. The summed E-state index contributed by atoms with van der Waals surface area (Å²) in [6, 6.07) is 11.2. The minimum Gasteiger partial charge on any atom is -0.480 e. The van der Waals surface area contributed by atoms with E-state index in [1.807, 2.05) is 30.3 Å². The summed E-state index contributed by atoms with van der Waals surface area (Å²) >= 11 is 3.41. The highest BCUT2D eigenvalue weighted by Gasteiger charge is 2.15. The Morgan fingerprint density at radius 1 is 1.30 bits per heavy atom. The van der Waals surface area contributed by atoms with Gasteiger partial charge in [0.05, 0.1) is 0 Å². The van der Waals surface area contributed by atoms with Crippen LogP contribution in [-0.4, -0.2) is 25.6 Å². The minimum absolute atomic E-state index is 0.171. The summed E-state index contributed by atoms with van der Waals surface area (Å²) in [5.74, 6) is -0.325. The van der Waals surface area contributed by atoms with E-state index in [0.29, 0.717) is 17.0 Å². The second-order valence-electron chi connectivity index (χ2n) is 4.27. The average Bonchev–Trinajstić information content (AvgIpc) is 2.77. The van der Waals surface area contributed by atoms with Gasteiger partial charge in [-0.15, -0.1) is 0 Å². The molecule has 2 aromatic heterocycles. The van der Waals surface area contributed by atoms with Crippen LogP contribution in [0.3, 0.4) is 0 Å². The van der Waals surface area contributed by atoms with Gasteiger partial charge < -0.3 is 5.11 Å². The third kappa shape index (κ3) is 2.30. The van der Waals surface area contributed by atoms with Gasteiger partial charge >= 0.3 is 5.97 Å². The zero-order chi connectivity index (χ0) is 14.1. The molecule has 0 radical (unpaired) electrons. The van der Waals surface area contributed by atoms with E-state index in [9.17, 15) is 4.79 Å². The van der Waals surface area contributed by atoms with Crippen LogP contribution in [0, 0.1) is 0 Å². The maximum Gasteiger partial charge on any atom is 0.323 e. The Balaban J connectivity index is 2.26. The number of hydrogen-bond acceptors (Lipinski definition) is 3. The van der Waals surface area contributed by atoms with Crippen molar-refractivity contribution < 1.29 is 9.90 Å². The van der Waals surface area contributed by atoms with E-state index >= 15 is 0 Å². The lowest BCUT2D eigenvalue weighted by Gasteiger charge is -2.06. The molecule has 1 N–H and O–H groups in total. The predicted molar refractivity (Wildman–Crippen MR) is 78.3 cm³/mol. The molecule has 0 fully saturated rings. The Bertz CT molecular complexity index is 798. The van der Waals surface area contributed by atoms with Gasteiger partial charge in [-0.1, -0.05) is 28.1 Å². The van der Waals surface area contributed by atoms with Gasteiger partial charge in [0.1, 0.15) is 17.9 Å². The number of carbonyl (C=O) groups is 1. The lowest BCUT2D eigenvalue weighted by molar-refractivity contribution is -0.137. The molecule has 5 nitrogen and oxygen atoms in total. The molecule has 0 saturated heterocycles. The Hall–Kier alpha value is -2.21. The number of nitrogens with zero attached hydrogens (tertiary/aromatic N) is 3. The Labute approximate surface area is 123 Å². The van der Waals surface area contributed by atoms with Crippen molar-refractivity contribution in [3.63, 3.8) is 0 Å². The zero-order valence-corrected chi connectivity index (χ0v) is 11.9. The third-order valence-corrected chi connectivity index (χ3v) is 3.37. The number of benzene rings is 1. The molecule has 2 heterocycles. The molecule has 3 rings (SSSR count). The summed E-state index contributed by atoms with van der Waals surface area (Å²) in [5.41, 5.74) is 2.10. The summed E-state index contributed by atoms with van der Waals surface area (Å²) in [6.45, 7) is -0.171. The molecule has 0 aliphatic carbocycles. The molecule has 0 amide bonds. The fourth-order valence-corrected chi connectivity index (χ4v) is 2.49. The molecule has 0 aliphatic heterocycles. The molecule has 0 atom stereocenters. The summed E-state index contributed by atoms with van der Waals surface area (Å²) in [4.78, 5) is 19.8. The van der Waals surface area contributed by atoms with E-state index in [1.54, 1.807) is 16.8 Å². The number of hydrogen-bond donors (Lipinski definition) is 1. The summed E-state index contributed by atoms with van der Waals surface area (Å²) in [5, 5.41) is 9.09. The molecule has 0 bridgehead atoms. The van der Waals surface area contributed by atoms with Crippen LogP contribution in [0.25, 0.3) is 22.6 Å². The Morgan fingerprint density at radius 2 is 2.15 bits per heavy atom. The fraction of sp³-hybridized carbons (Fsp3) is 0.0714. The third-order valence-electron chi connectivity index (χ3n) is 2.88. The summed E-state index contributed by atoms with van der Waals surface area (Å²) in [7, 11) is 0. The minimum atomic E-state index is -0.925. The van der Waals surface area contributed by atoms with Crippen molar-refractivity contribution in [2.24, 2.45) is 0 Å². The van der Waals surface area contributed by atoms with Crippen molar-refractivity contribution in [3.8, 4) is 11.4 Å². The lowest BCUT2D eigenvalue weighted by atomic mass is 10.2. The summed E-state index contributed by atoms with van der Waals surface area (Å²) in [6.07, 6.45) is 1.63. The van der Waals surface area contributed by atoms with E-state index in [4.69, 9.17) is 5.11 Å². The van der Waals surface area contributed by atoms with E-state index < -0.39 is 5.97 Å². The van der Waals surface area contributed by atoms with Crippen molar-refractivity contribution >= 4 is 33.1 Å². The lowest BCUT2D eigenvalue weighted by Crippen LogP contribution is -2.10. The molecule has 100 valence electrons.